The second-order valence-corrected chi connectivity index (χ2v) is 6.13. The third-order valence-electron chi connectivity index (χ3n) is 3.91. The van der Waals surface area contributed by atoms with Gasteiger partial charge in [-0.25, -0.2) is 14.0 Å². The lowest BCUT2D eigenvalue weighted by Gasteiger charge is -2.12. The van der Waals surface area contributed by atoms with Gasteiger partial charge in [-0.3, -0.25) is 0 Å². The van der Waals surface area contributed by atoms with Crippen LogP contribution in [0.2, 0.25) is 0 Å². The Morgan fingerprint density at radius 2 is 1.81 bits per heavy atom. The number of aromatic hydroxyl groups is 1. The van der Waals surface area contributed by atoms with Gasteiger partial charge in [0.05, 0.1) is 5.56 Å². The third kappa shape index (κ3) is 6.40. The highest BCUT2D eigenvalue weighted by Gasteiger charge is 2.20. The molecule has 1 unspecified atom stereocenters. The molecule has 2 rings (SSSR count). The SMILES string of the molecule is CCCCCC(F)COC(=O)c1ccc(O)cc1OC(=O)c1ccccc1. The predicted octanol–water partition coefficient (Wildman–Crippen LogP) is 4.69. The molecule has 0 aliphatic carbocycles. The van der Waals surface area contributed by atoms with Crippen LogP contribution in [0.15, 0.2) is 48.5 Å². The van der Waals surface area contributed by atoms with Crippen LogP contribution in [0.1, 0.15) is 53.3 Å². The predicted molar refractivity (Wildman–Crippen MR) is 98.8 cm³/mol. The largest absolute Gasteiger partial charge is 0.508 e. The van der Waals surface area contributed by atoms with Crippen LogP contribution in [-0.2, 0) is 4.74 Å². The molecule has 0 bridgehead atoms. The van der Waals surface area contributed by atoms with Crippen molar-refractivity contribution in [2.45, 2.75) is 38.8 Å². The number of phenolic OH excluding ortho intramolecular Hbond substituents is 1. The van der Waals surface area contributed by atoms with Crippen molar-refractivity contribution in [1.82, 2.24) is 0 Å². The number of carbonyl (C=O) groups is 2. The normalized spacial score (nSPS) is 11.6. The first-order valence-electron chi connectivity index (χ1n) is 8.92. The first kappa shape index (κ1) is 20.4. The first-order valence-corrected chi connectivity index (χ1v) is 8.92. The molecule has 0 fully saturated rings. The number of phenols is 1. The number of ether oxygens (including phenoxy) is 2. The van der Waals surface area contributed by atoms with Crippen molar-refractivity contribution >= 4 is 11.9 Å². The van der Waals surface area contributed by atoms with Crippen LogP contribution in [0, 0.1) is 0 Å². The van der Waals surface area contributed by atoms with E-state index >= 15 is 0 Å². The molecule has 2 aromatic carbocycles. The van der Waals surface area contributed by atoms with E-state index in [1.165, 1.54) is 12.1 Å². The summed E-state index contributed by atoms with van der Waals surface area (Å²) in [5.74, 6) is -1.82. The summed E-state index contributed by atoms with van der Waals surface area (Å²) in [6.45, 7) is 1.66. The van der Waals surface area contributed by atoms with Crippen molar-refractivity contribution in [3.63, 3.8) is 0 Å². The maximum Gasteiger partial charge on any atom is 0.343 e. The van der Waals surface area contributed by atoms with Gasteiger partial charge >= 0.3 is 11.9 Å². The highest BCUT2D eigenvalue weighted by atomic mass is 19.1. The number of unbranched alkanes of at least 4 members (excludes halogenated alkanes) is 2. The lowest BCUT2D eigenvalue weighted by molar-refractivity contribution is 0.0384. The van der Waals surface area contributed by atoms with Crippen LogP contribution in [0.3, 0.4) is 0 Å². The zero-order valence-electron chi connectivity index (χ0n) is 15.2. The zero-order chi connectivity index (χ0) is 19.6. The van der Waals surface area contributed by atoms with Gasteiger partial charge in [0, 0.05) is 6.07 Å². The van der Waals surface area contributed by atoms with Gasteiger partial charge in [0.15, 0.2) is 0 Å². The maximum absolute atomic E-state index is 13.8. The fraction of sp³-hybridized carbons (Fsp3) is 0.333. The zero-order valence-corrected chi connectivity index (χ0v) is 15.2. The molecule has 5 nitrogen and oxygen atoms in total. The Morgan fingerprint density at radius 3 is 2.52 bits per heavy atom. The van der Waals surface area contributed by atoms with E-state index in [1.807, 2.05) is 6.92 Å². The van der Waals surface area contributed by atoms with Crippen molar-refractivity contribution in [2.24, 2.45) is 0 Å². The first-order chi connectivity index (χ1) is 13.0. The molecule has 0 heterocycles. The fourth-order valence-corrected chi connectivity index (χ4v) is 2.44. The van der Waals surface area contributed by atoms with Gasteiger partial charge in [0.25, 0.3) is 0 Å². The lowest BCUT2D eigenvalue weighted by atomic mass is 10.1. The lowest BCUT2D eigenvalue weighted by Crippen LogP contribution is -2.17. The van der Waals surface area contributed by atoms with Crippen LogP contribution >= 0.6 is 0 Å². The number of hydrogen-bond acceptors (Lipinski definition) is 5. The molecule has 0 aromatic heterocycles. The Morgan fingerprint density at radius 1 is 1.07 bits per heavy atom. The molecular formula is C21H23FO5. The summed E-state index contributed by atoms with van der Waals surface area (Å²) in [6, 6.07) is 11.9. The maximum atomic E-state index is 13.8. The topological polar surface area (TPSA) is 72.8 Å². The molecule has 0 radical (unpaired) electrons. The number of benzene rings is 2. The summed E-state index contributed by atoms with van der Waals surface area (Å²) in [5.41, 5.74) is 0.234. The molecule has 0 aliphatic rings. The molecule has 0 amide bonds. The molecule has 1 N–H and O–H groups in total. The van der Waals surface area contributed by atoms with Gasteiger partial charge in [-0.15, -0.1) is 0 Å². The van der Waals surface area contributed by atoms with Crippen molar-refractivity contribution in [1.29, 1.82) is 0 Å². The van der Waals surface area contributed by atoms with E-state index in [0.717, 1.165) is 25.3 Å². The average molecular weight is 374 g/mol. The number of carbonyl (C=O) groups excluding carboxylic acids is 2. The summed E-state index contributed by atoms with van der Waals surface area (Å²) in [7, 11) is 0. The van der Waals surface area contributed by atoms with Crippen LogP contribution in [0.5, 0.6) is 11.5 Å². The summed E-state index contributed by atoms with van der Waals surface area (Å²) in [6.07, 6.45) is 1.72. The Labute approximate surface area is 157 Å². The monoisotopic (exact) mass is 374 g/mol. The minimum atomic E-state index is -1.24. The highest BCUT2D eigenvalue weighted by Crippen LogP contribution is 2.26. The molecule has 27 heavy (non-hydrogen) atoms. The minimum Gasteiger partial charge on any atom is -0.508 e. The summed E-state index contributed by atoms with van der Waals surface area (Å²) < 4.78 is 24.0. The standard InChI is InChI=1S/C21H23FO5/c1-2-3-5-10-16(22)14-26-21(25)18-12-11-17(23)13-19(18)27-20(24)15-8-6-4-7-9-15/h4,6-9,11-13,16,23H,2-3,5,10,14H2,1H3. The number of rotatable bonds is 9. The Bertz CT molecular complexity index is 760. The fourth-order valence-electron chi connectivity index (χ4n) is 2.44. The molecule has 6 heteroatoms. The second-order valence-electron chi connectivity index (χ2n) is 6.13. The average Bonchev–Trinajstić information content (AvgIpc) is 2.67. The van der Waals surface area contributed by atoms with Gasteiger partial charge in [0.2, 0.25) is 0 Å². The van der Waals surface area contributed by atoms with E-state index < -0.39 is 18.1 Å². The molecule has 144 valence electrons. The van der Waals surface area contributed by atoms with Crippen LogP contribution in [0.4, 0.5) is 4.39 Å². The van der Waals surface area contributed by atoms with E-state index in [0.29, 0.717) is 12.0 Å². The Hall–Kier alpha value is -2.89. The van der Waals surface area contributed by atoms with Crippen LogP contribution in [0.25, 0.3) is 0 Å². The van der Waals surface area contributed by atoms with Gasteiger partial charge in [0.1, 0.15) is 29.8 Å². The van der Waals surface area contributed by atoms with Crippen molar-refractivity contribution in [3.8, 4) is 11.5 Å². The molecule has 2 aromatic rings. The number of esters is 2. The van der Waals surface area contributed by atoms with E-state index in [-0.39, 0.29) is 23.7 Å². The summed E-state index contributed by atoms with van der Waals surface area (Å²) in [5, 5.41) is 9.64. The number of hydrogen-bond donors (Lipinski definition) is 1. The Kier molecular flexibility index (Phi) is 7.79. The van der Waals surface area contributed by atoms with Crippen LogP contribution in [-0.4, -0.2) is 29.8 Å². The smallest absolute Gasteiger partial charge is 0.343 e. The number of alkyl halides is 1. The van der Waals surface area contributed by atoms with E-state index in [9.17, 15) is 19.1 Å². The third-order valence-corrected chi connectivity index (χ3v) is 3.91. The van der Waals surface area contributed by atoms with E-state index in [1.54, 1.807) is 30.3 Å². The van der Waals surface area contributed by atoms with Gasteiger partial charge < -0.3 is 14.6 Å². The van der Waals surface area contributed by atoms with Gasteiger partial charge in [-0.05, 0) is 30.7 Å². The van der Waals surface area contributed by atoms with E-state index in [4.69, 9.17) is 9.47 Å². The molecule has 0 spiro atoms. The highest BCUT2D eigenvalue weighted by molar-refractivity contribution is 5.96. The van der Waals surface area contributed by atoms with Crippen molar-refractivity contribution in [3.05, 3.63) is 59.7 Å². The minimum absolute atomic E-state index is 0.0576. The molecule has 0 saturated carbocycles. The van der Waals surface area contributed by atoms with Gasteiger partial charge in [-0.2, -0.15) is 0 Å². The summed E-state index contributed by atoms with van der Waals surface area (Å²) in [4.78, 5) is 24.5. The van der Waals surface area contributed by atoms with Gasteiger partial charge in [-0.1, -0.05) is 44.4 Å². The quantitative estimate of drug-likeness (QED) is 0.392. The van der Waals surface area contributed by atoms with Crippen LogP contribution < -0.4 is 4.74 Å². The molecule has 1 atom stereocenters. The molecular weight excluding hydrogens is 351 g/mol. The van der Waals surface area contributed by atoms with Crippen molar-refractivity contribution < 1.29 is 28.6 Å². The second kappa shape index (κ2) is 10.3. The summed E-state index contributed by atoms with van der Waals surface area (Å²) >= 11 is 0. The Balaban J connectivity index is 2.04. The molecule has 0 saturated heterocycles. The molecule has 0 aliphatic heterocycles. The number of halogens is 1. The van der Waals surface area contributed by atoms with Crippen molar-refractivity contribution in [2.75, 3.05) is 6.61 Å². The van der Waals surface area contributed by atoms with E-state index in [2.05, 4.69) is 0 Å².